The number of ether oxygens (including phenoxy) is 1. The van der Waals surface area contributed by atoms with E-state index in [0.29, 0.717) is 39.5 Å². The predicted molar refractivity (Wildman–Crippen MR) is 146 cm³/mol. The minimum Gasteiger partial charge on any atom is -0.492 e. The van der Waals surface area contributed by atoms with Crippen molar-refractivity contribution in [3.05, 3.63) is 106 Å². The second-order valence-corrected chi connectivity index (χ2v) is 8.72. The molecule has 0 radical (unpaired) electrons. The first-order valence-corrected chi connectivity index (χ1v) is 12.1. The lowest BCUT2D eigenvalue weighted by atomic mass is 10.1. The fourth-order valence-corrected chi connectivity index (χ4v) is 4.17. The molecule has 5 rings (SSSR count). The third-order valence-corrected chi connectivity index (χ3v) is 6.01. The maximum atomic E-state index is 12.6. The average Bonchev–Trinajstić information content (AvgIpc) is 3.35. The van der Waals surface area contributed by atoms with Gasteiger partial charge in [-0.2, -0.15) is 10.4 Å². The minimum atomic E-state index is -0.309. The number of nitrogens with zero attached hydrogens (tertiary/aromatic N) is 4. The number of H-pyrrole nitrogens is 1. The van der Waals surface area contributed by atoms with Gasteiger partial charge in [0, 0.05) is 17.3 Å². The molecule has 0 aliphatic heterocycles. The second kappa shape index (κ2) is 10.5. The lowest BCUT2D eigenvalue weighted by Gasteiger charge is -2.08. The Morgan fingerprint density at radius 2 is 1.92 bits per heavy atom. The van der Waals surface area contributed by atoms with Crippen LogP contribution in [0.1, 0.15) is 24.7 Å². The molecular formula is C29H22ClN5O2. The molecule has 0 bridgehead atoms. The van der Waals surface area contributed by atoms with Crippen molar-refractivity contribution in [1.82, 2.24) is 19.7 Å². The van der Waals surface area contributed by atoms with E-state index in [1.54, 1.807) is 41.1 Å². The Hall–Kier alpha value is -4.67. The number of allylic oxidation sites excluding steroid dienone is 1. The van der Waals surface area contributed by atoms with Crippen LogP contribution >= 0.6 is 11.6 Å². The molecule has 37 heavy (non-hydrogen) atoms. The van der Waals surface area contributed by atoms with Crippen LogP contribution in [0.5, 0.6) is 5.75 Å². The molecule has 0 amide bonds. The summed E-state index contributed by atoms with van der Waals surface area (Å²) in [5.41, 5.74) is 3.29. The van der Waals surface area contributed by atoms with Crippen molar-refractivity contribution in [1.29, 1.82) is 5.26 Å². The van der Waals surface area contributed by atoms with Gasteiger partial charge in [-0.3, -0.25) is 4.79 Å². The second-order valence-electron chi connectivity index (χ2n) is 8.31. The van der Waals surface area contributed by atoms with Crippen LogP contribution < -0.4 is 10.3 Å². The Kier molecular flexibility index (Phi) is 6.84. The highest BCUT2D eigenvalue weighted by Crippen LogP contribution is 2.33. The van der Waals surface area contributed by atoms with Crippen molar-refractivity contribution in [3.8, 4) is 28.8 Å². The summed E-state index contributed by atoms with van der Waals surface area (Å²) >= 11 is 6.52. The number of hydrogen-bond acceptors (Lipinski definition) is 5. The Bertz CT molecular complexity index is 1710. The highest BCUT2D eigenvalue weighted by atomic mass is 35.5. The van der Waals surface area contributed by atoms with Gasteiger partial charge < -0.3 is 9.72 Å². The molecule has 0 atom stereocenters. The van der Waals surface area contributed by atoms with Crippen molar-refractivity contribution < 1.29 is 4.74 Å². The number of aromatic nitrogens is 4. The number of hydrogen-bond donors (Lipinski definition) is 1. The zero-order chi connectivity index (χ0) is 25.8. The fraction of sp³-hybridized carbons (Fsp3) is 0.103. The standard InChI is InChI=1S/C29H22ClN5O2/c1-2-14-37-26-13-12-19(16-24(26)30)27-21(18-35(34-27)22-8-4-3-5-9-22)15-20(17-31)28-32-25-11-7-6-10-23(25)29(36)33-28/h3-13,15-16,18H,2,14H2,1H3,(H,32,33,36)/b20-15-. The molecule has 8 heteroatoms. The molecule has 3 aromatic carbocycles. The van der Waals surface area contributed by atoms with Gasteiger partial charge in [0.2, 0.25) is 0 Å². The first kappa shape index (κ1) is 24.0. The topological polar surface area (TPSA) is 96.6 Å². The van der Waals surface area contributed by atoms with Gasteiger partial charge in [0.15, 0.2) is 5.82 Å². The zero-order valence-electron chi connectivity index (χ0n) is 20.0. The van der Waals surface area contributed by atoms with Crippen molar-refractivity contribution >= 4 is 34.2 Å². The Morgan fingerprint density at radius 1 is 1.14 bits per heavy atom. The molecule has 0 aliphatic carbocycles. The molecule has 5 aromatic rings. The Labute approximate surface area is 218 Å². The van der Waals surface area contributed by atoms with Gasteiger partial charge in [-0.25, -0.2) is 9.67 Å². The monoisotopic (exact) mass is 507 g/mol. The van der Waals surface area contributed by atoms with Crippen molar-refractivity contribution in [3.63, 3.8) is 0 Å². The smallest absolute Gasteiger partial charge is 0.259 e. The number of aromatic amines is 1. The van der Waals surface area contributed by atoms with Gasteiger partial charge >= 0.3 is 0 Å². The summed E-state index contributed by atoms with van der Waals surface area (Å²) in [6.45, 7) is 2.60. The maximum absolute atomic E-state index is 12.6. The highest BCUT2D eigenvalue weighted by molar-refractivity contribution is 6.32. The molecule has 0 unspecified atom stereocenters. The molecule has 0 spiro atoms. The third kappa shape index (κ3) is 5.01. The highest BCUT2D eigenvalue weighted by Gasteiger charge is 2.16. The van der Waals surface area contributed by atoms with Crippen LogP contribution in [0.2, 0.25) is 5.02 Å². The SMILES string of the molecule is CCCOc1ccc(-c2nn(-c3ccccc3)cc2/C=C(/C#N)c2nc3ccccc3c(=O)[nH]2)cc1Cl. The van der Waals surface area contributed by atoms with E-state index in [4.69, 9.17) is 21.4 Å². The molecule has 0 saturated heterocycles. The zero-order valence-corrected chi connectivity index (χ0v) is 20.7. The van der Waals surface area contributed by atoms with Gasteiger partial charge in [0.25, 0.3) is 5.56 Å². The molecule has 0 aliphatic rings. The molecule has 2 aromatic heterocycles. The van der Waals surface area contributed by atoms with Crippen molar-refractivity contribution in [2.24, 2.45) is 0 Å². The number of nitriles is 1. The van der Waals surface area contributed by atoms with E-state index in [1.807, 2.05) is 55.6 Å². The van der Waals surface area contributed by atoms with Gasteiger partial charge in [-0.1, -0.05) is 48.9 Å². The van der Waals surface area contributed by atoms with E-state index in [0.717, 1.165) is 17.7 Å². The van der Waals surface area contributed by atoms with Crippen LogP contribution in [0.4, 0.5) is 0 Å². The summed E-state index contributed by atoms with van der Waals surface area (Å²) in [6.07, 6.45) is 4.37. The van der Waals surface area contributed by atoms with E-state index in [9.17, 15) is 10.1 Å². The van der Waals surface area contributed by atoms with Gasteiger partial charge in [0.1, 0.15) is 17.5 Å². The number of fused-ring (bicyclic) bond motifs is 1. The molecule has 1 N–H and O–H groups in total. The van der Waals surface area contributed by atoms with E-state index >= 15 is 0 Å². The molecule has 0 saturated carbocycles. The summed E-state index contributed by atoms with van der Waals surface area (Å²) in [5.74, 6) is 0.786. The quantitative estimate of drug-likeness (QED) is 0.261. The number of rotatable bonds is 7. The van der Waals surface area contributed by atoms with Crippen LogP contribution in [-0.2, 0) is 0 Å². The maximum Gasteiger partial charge on any atom is 0.259 e. The van der Waals surface area contributed by atoms with Crippen LogP contribution in [0.3, 0.4) is 0 Å². The summed E-state index contributed by atoms with van der Waals surface area (Å²) in [7, 11) is 0. The van der Waals surface area contributed by atoms with Crippen LogP contribution in [0.15, 0.2) is 83.8 Å². The fourth-order valence-electron chi connectivity index (χ4n) is 3.93. The Balaban J connectivity index is 1.65. The summed E-state index contributed by atoms with van der Waals surface area (Å²) in [4.78, 5) is 19.9. The van der Waals surface area contributed by atoms with E-state index in [-0.39, 0.29) is 17.0 Å². The molecule has 0 fully saturated rings. The van der Waals surface area contributed by atoms with Crippen LogP contribution in [0.25, 0.3) is 39.5 Å². The van der Waals surface area contributed by atoms with Gasteiger partial charge in [0.05, 0.1) is 33.8 Å². The van der Waals surface area contributed by atoms with Crippen molar-refractivity contribution in [2.45, 2.75) is 13.3 Å². The normalized spacial score (nSPS) is 11.4. The van der Waals surface area contributed by atoms with Crippen molar-refractivity contribution in [2.75, 3.05) is 6.61 Å². The van der Waals surface area contributed by atoms with E-state index in [1.165, 1.54) is 0 Å². The first-order chi connectivity index (χ1) is 18.1. The summed E-state index contributed by atoms with van der Waals surface area (Å²) in [6, 6.07) is 24.3. The minimum absolute atomic E-state index is 0.186. The lowest BCUT2D eigenvalue weighted by Crippen LogP contribution is -2.11. The lowest BCUT2D eigenvalue weighted by molar-refractivity contribution is 0.317. The first-order valence-electron chi connectivity index (χ1n) is 11.8. The molecule has 182 valence electrons. The molecule has 7 nitrogen and oxygen atoms in total. The number of halogens is 1. The summed E-state index contributed by atoms with van der Waals surface area (Å²) in [5, 5.41) is 15.7. The molecular weight excluding hydrogens is 486 g/mol. The number of benzene rings is 3. The summed E-state index contributed by atoms with van der Waals surface area (Å²) < 4.78 is 7.45. The third-order valence-electron chi connectivity index (χ3n) is 5.72. The van der Waals surface area contributed by atoms with Crippen LogP contribution in [-0.4, -0.2) is 26.4 Å². The van der Waals surface area contributed by atoms with E-state index < -0.39 is 0 Å². The largest absolute Gasteiger partial charge is 0.492 e. The number of nitrogens with one attached hydrogen (secondary N) is 1. The van der Waals surface area contributed by atoms with Gasteiger partial charge in [-0.05, 0) is 55.0 Å². The Morgan fingerprint density at radius 3 is 2.68 bits per heavy atom. The molecule has 2 heterocycles. The number of para-hydroxylation sites is 2. The average molecular weight is 508 g/mol. The van der Waals surface area contributed by atoms with Gasteiger partial charge in [-0.15, -0.1) is 0 Å². The predicted octanol–water partition coefficient (Wildman–Crippen LogP) is 6.28. The van der Waals surface area contributed by atoms with Crippen LogP contribution in [0, 0.1) is 11.3 Å². The van der Waals surface area contributed by atoms with E-state index in [2.05, 4.69) is 16.0 Å².